The lowest BCUT2D eigenvalue weighted by atomic mass is 10.1. The zero-order chi connectivity index (χ0) is 33.4. The smallest absolute Gasteiger partial charge is 0.416 e. The molecule has 0 bridgehead atoms. The van der Waals surface area contributed by atoms with Crippen LogP contribution < -0.4 is 19.1 Å². The van der Waals surface area contributed by atoms with Gasteiger partial charge in [0.2, 0.25) is 5.91 Å². The number of carbonyl (C=O) groups is 2. The van der Waals surface area contributed by atoms with E-state index in [9.17, 15) is 39.6 Å². The van der Waals surface area contributed by atoms with Crippen LogP contribution in [0.4, 0.5) is 29.3 Å². The molecule has 0 saturated heterocycles. The van der Waals surface area contributed by atoms with Gasteiger partial charge >= 0.3 is 12.3 Å². The second-order valence-electron chi connectivity index (χ2n) is 11.0. The van der Waals surface area contributed by atoms with E-state index in [2.05, 4.69) is 10.3 Å². The molecule has 45 heavy (non-hydrogen) atoms. The highest BCUT2D eigenvalue weighted by Gasteiger charge is 2.38. The van der Waals surface area contributed by atoms with Crippen LogP contribution in [-0.4, -0.2) is 52.1 Å². The highest BCUT2D eigenvalue weighted by Crippen LogP contribution is 2.40. The number of fused-ring (bicyclic) bond motifs is 1. The Morgan fingerprint density at radius 1 is 1.04 bits per heavy atom. The number of amides is 2. The van der Waals surface area contributed by atoms with Crippen molar-refractivity contribution in [3.8, 4) is 5.75 Å². The van der Waals surface area contributed by atoms with Gasteiger partial charge in [-0.25, -0.2) is 22.9 Å². The number of carbonyl (C=O) groups excluding carboxylic acids is 2. The van der Waals surface area contributed by atoms with Gasteiger partial charge in [-0.05, 0) is 81.8 Å². The summed E-state index contributed by atoms with van der Waals surface area (Å²) in [4.78, 5) is 28.2. The predicted molar refractivity (Wildman–Crippen MR) is 156 cm³/mol. The fraction of sp³-hybridized carbons (Fsp3) is 0.321. The number of rotatable bonds is 7. The molecule has 17 heteroatoms. The number of aryl methyl sites for hydroxylation is 1. The lowest BCUT2D eigenvalue weighted by Crippen LogP contribution is -2.46. The van der Waals surface area contributed by atoms with Crippen molar-refractivity contribution in [3.05, 3.63) is 71.9 Å². The zero-order valence-electron chi connectivity index (χ0n) is 24.4. The molecule has 1 aromatic heterocycles. The number of sulfonamides is 2. The third kappa shape index (κ3) is 8.21. The topological polar surface area (TPSA) is 161 Å². The quantitative estimate of drug-likeness (QED) is 0.366. The SMILES string of the molecule is Cc1ccnc(S(=O)(=O)NC(=O)CC2CN(S(=O)(=O)c3cccc(C(F)(F)F)c3)c3cc(NC(=O)OC(C)(C)C)ccc3O2)c1. The Labute approximate surface area is 257 Å². The van der Waals surface area contributed by atoms with Crippen LogP contribution in [0, 0.1) is 6.92 Å². The van der Waals surface area contributed by atoms with Gasteiger partial charge in [0, 0.05) is 11.9 Å². The van der Waals surface area contributed by atoms with Gasteiger partial charge in [-0.1, -0.05) is 6.07 Å². The molecule has 0 saturated carbocycles. The molecule has 2 N–H and O–H groups in total. The molecular weight excluding hydrogens is 641 g/mol. The molecule has 1 aliphatic rings. The Balaban J connectivity index is 1.68. The van der Waals surface area contributed by atoms with Crippen molar-refractivity contribution in [2.24, 2.45) is 0 Å². The summed E-state index contributed by atoms with van der Waals surface area (Å²) in [6, 6.07) is 9.76. The van der Waals surface area contributed by atoms with Crippen LogP contribution in [-0.2, 0) is 35.8 Å². The van der Waals surface area contributed by atoms with E-state index in [0.29, 0.717) is 17.7 Å². The number of anilines is 2. The molecule has 3 aromatic rings. The molecule has 1 aliphatic heterocycles. The number of hydrogen-bond acceptors (Lipinski definition) is 9. The summed E-state index contributed by atoms with van der Waals surface area (Å²) < 4.78 is 107. The second-order valence-corrected chi connectivity index (χ2v) is 14.5. The highest BCUT2D eigenvalue weighted by atomic mass is 32.2. The Hall–Kier alpha value is -4.38. The number of nitrogens with one attached hydrogen (secondary N) is 2. The molecule has 2 heterocycles. The fourth-order valence-electron chi connectivity index (χ4n) is 4.21. The van der Waals surface area contributed by atoms with Crippen molar-refractivity contribution in [2.45, 2.75) is 61.9 Å². The molecule has 2 aromatic carbocycles. The first-order valence-corrected chi connectivity index (χ1v) is 16.2. The van der Waals surface area contributed by atoms with E-state index >= 15 is 0 Å². The van der Waals surface area contributed by atoms with Gasteiger partial charge in [-0.15, -0.1) is 0 Å². The first-order chi connectivity index (χ1) is 20.7. The number of halogens is 3. The van der Waals surface area contributed by atoms with Gasteiger partial charge in [-0.2, -0.15) is 21.6 Å². The molecule has 0 spiro atoms. The van der Waals surface area contributed by atoms with E-state index in [4.69, 9.17) is 9.47 Å². The van der Waals surface area contributed by atoms with E-state index in [1.807, 2.05) is 4.72 Å². The van der Waals surface area contributed by atoms with Gasteiger partial charge in [0.15, 0.2) is 5.03 Å². The molecule has 12 nitrogen and oxygen atoms in total. The molecule has 1 atom stereocenters. The molecule has 2 amide bonds. The maximum Gasteiger partial charge on any atom is 0.416 e. The van der Waals surface area contributed by atoms with Crippen molar-refractivity contribution >= 4 is 43.4 Å². The Morgan fingerprint density at radius 2 is 1.76 bits per heavy atom. The van der Waals surface area contributed by atoms with Crippen molar-refractivity contribution < 1.29 is 49.1 Å². The average molecular weight is 671 g/mol. The number of nitrogens with zero attached hydrogens (tertiary/aromatic N) is 2. The average Bonchev–Trinajstić information content (AvgIpc) is 2.91. The summed E-state index contributed by atoms with van der Waals surface area (Å²) in [6.45, 7) is 5.93. The highest BCUT2D eigenvalue weighted by molar-refractivity contribution is 7.92. The molecular formula is C28H29F3N4O8S2. The normalized spacial score (nSPS) is 15.4. The monoisotopic (exact) mass is 670 g/mol. The predicted octanol–water partition coefficient (Wildman–Crippen LogP) is 4.61. The Kier molecular flexibility index (Phi) is 9.08. The first-order valence-electron chi connectivity index (χ1n) is 13.2. The molecule has 0 aliphatic carbocycles. The number of ether oxygens (including phenoxy) is 2. The van der Waals surface area contributed by atoms with E-state index in [-0.39, 0.29) is 17.1 Å². The van der Waals surface area contributed by atoms with Crippen LogP contribution in [0.1, 0.15) is 38.3 Å². The fourth-order valence-corrected chi connectivity index (χ4v) is 6.78. The van der Waals surface area contributed by atoms with Gasteiger partial charge in [0.05, 0.1) is 29.1 Å². The summed E-state index contributed by atoms with van der Waals surface area (Å²) in [6.07, 6.45) is -6.37. The minimum absolute atomic E-state index is 0.0729. The largest absolute Gasteiger partial charge is 0.486 e. The molecule has 4 rings (SSSR count). The van der Waals surface area contributed by atoms with Gasteiger partial charge < -0.3 is 9.47 Å². The van der Waals surface area contributed by atoms with E-state index in [1.54, 1.807) is 33.8 Å². The van der Waals surface area contributed by atoms with Crippen LogP contribution >= 0.6 is 0 Å². The zero-order valence-corrected chi connectivity index (χ0v) is 26.0. The Bertz CT molecular complexity index is 1840. The summed E-state index contributed by atoms with van der Waals surface area (Å²) in [7, 11) is -9.12. The summed E-state index contributed by atoms with van der Waals surface area (Å²) in [5.74, 6) is -1.15. The van der Waals surface area contributed by atoms with Gasteiger partial charge in [0.1, 0.15) is 17.5 Å². The number of pyridine rings is 1. The maximum atomic E-state index is 13.8. The standard InChI is InChI=1S/C28H29F3N4O8S2/c1-17-10-11-32-25(12-17)44(38,39)34-24(36)15-20-16-35(45(40,41)21-7-5-6-18(13-21)28(29,30)31)22-14-19(8-9-23(22)42-20)33-26(37)43-27(2,3)4/h5-14,20H,15-16H2,1-4H3,(H,33,37)(H,34,36). The van der Waals surface area contributed by atoms with E-state index in [1.165, 1.54) is 30.5 Å². The number of alkyl halides is 3. The van der Waals surface area contributed by atoms with Crippen LogP contribution in [0.15, 0.2) is 70.7 Å². The van der Waals surface area contributed by atoms with E-state index in [0.717, 1.165) is 16.4 Å². The van der Waals surface area contributed by atoms with Crippen molar-refractivity contribution in [3.63, 3.8) is 0 Å². The summed E-state index contributed by atoms with van der Waals surface area (Å²) >= 11 is 0. The lowest BCUT2D eigenvalue weighted by molar-refractivity contribution is -0.137. The third-order valence-electron chi connectivity index (χ3n) is 6.11. The van der Waals surface area contributed by atoms with Crippen molar-refractivity contribution in [1.82, 2.24) is 9.71 Å². The molecule has 242 valence electrons. The number of benzene rings is 2. The van der Waals surface area contributed by atoms with Crippen LogP contribution in [0.2, 0.25) is 0 Å². The molecule has 0 fully saturated rings. The number of aromatic nitrogens is 1. The summed E-state index contributed by atoms with van der Waals surface area (Å²) in [5, 5.41) is 2.04. The molecule has 1 unspecified atom stereocenters. The summed E-state index contributed by atoms with van der Waals surface area (Å²) in [5.41, 5.74) is -1.57. The Morgan fingerprint density at radius 3 is 2.40 bits per heavy atom. The van der Waals surface area contributed by atoms with Gasteiger partial charge in [0.25, 0.3) is 20.0 Å². The van der Waals surface area contributed by atoms with Crippen LogP contribution in [0.25, 0.3) is 0 Å². The van der Waals surface area contributed by atoms with Crippen LogP contribution in [0.3, 0.4) is 0 Å². The van der Waals surface area contributed by atoms with E-state index < -0.39 is 78.4 Å². The van der Waals surface area contributed by atoms with Crippen LogP contribution in [0.5, 0.6) is 5.75 Å². The van der Waals surface area contributed by atoms with Crippen molar-refractivity contribution in [2.75, 3.05) is 16.2 Å². The maximum absolute atomic E-state index is 13.8. The minimum atomic E-state index is -4.84. The van der Waals surface area contributed by atoms with Gasteiger partial charge in [-0.3, -0.25) is 14.4 Å². The third-order valence-corrected chi connectivity index (χ3v) is 9.16. The minimum Gasteiger partial charge on any atom is -0.486 e. The number of hydrogen-bond donors (Lipinski definition) is 2. The second kappa shape index (κ2) is 12.2. The first kappa shape index (κ1) is 33.5. The molecule has 0 radical (unpaired) electrons. The lowest BCUT2D eigenvalue weighted by Gasteiger charge is -2.35. The van der Waals surface area contributed by atoms with Crippen molar-refractivity contribution in [1.29, 1.82) is 0 Å².